The van der Waals surface area contributed by atoms with Crippen LogP contribution in [0.15, 0.2) is 0 Å². The van der Waals surface area contributed by atoms with Gasteiger partial charge in [0.25, 0.3) is 0 Å². The van der Waals surface area contributed by atoms with Gasteiger partial charge in [-0.2, -0.15) is 0 Å². The number of nitrogens with zero attached hydrogens (tertiary/aromatic N) is 1. The van der Waals surface area contributed by atoms with Gasteiger partial charge in [-0.25, -0.2) is 0 Å². The number of aliphatic hydroxyl groups excluding tert-OH is 1. The first-order valence-electron chi connectivity index (χ1n) is 6.27. The molecule has 0 aromatic rings. The standard InChI is InChI=1S/C12H23NO3/c14-8-4-2-1-3-7-13(10-12(15)16)9-11-5-6-11/h11,14H,1-10H2,(H,15,16). The van der Waals surface area contributed by atoms with E-state index in [9.17, 15) is 4.79 Å². The quantitative estimate of drug-likeness (QED) is 0.555. The van der Waals surface area contributed by atoms with Gasteiger partial charge >= 0.3 is 5.97 Å². The van der Waals surface area contributed by atoms with Crippen molar-refractivity contribution in [3.63, 3.8) is 0 Å². The number of carboxylic acids is 1. The minimum Gasteiger partial charge on any atom is -0.480 e. The second-order valence-corrected chi connectivity index (χ2v) is 4.71. The average molecular weight is 229 g/mol. The summed E-state index contributed by atoms with van der Waals surface area (Å²) in [5, 5.41) is 17.4. The molecule has 0 heterocycles. The second kappa shape index (κ2) is 7.63. The van der Waals surface area contributed by atoms with Gasteiger partial charge in [0, 0.05) is 13.2 Å². The van der Waals surface area contributed by atoms with Crippen LogP contribution >= 0.6 is 0 Å². The molecule has 1 rings (SSSR count). The molecule has 2 N–H and O–H groups in total. The summed E-state index contributed by atoms with van der Waals surface area (Å²) < 4.78 is 0. The molecule has 0 bridgehead atoms. The van der Waals surface area contributed by atoms with Crippen molar-refractivity contribution >= 4 is 5.97 Å². The van der Waals surface area contributed by atoms with Gasteiger partial charge in [0.05, 0.1) is 6.54 Å². The highest BCUT2D eigenvalue weighted by molar-refractivity contribution is 5.69. The molecule has 0 radical (unpaired) electrons. The molecule has 0 aromatic heterocycles. The third-order valence-electron chi connectivity index (χ3n) is 2.95. The summed E-state index contributed by atoms with van der Waals surface area (Å²) >= 11 is 0. The van der Waals surface area contributed by atoms with E-state index in [1.165, 1.54) is 12.8 Å². The number of carbonyl (C=O) groups is 1. The number of hydrogen-bond donors (Lipinski definition) is 2. The van der Waals surface area contributed by atoms with E-state index in [0.29, 0.717) is 0 Å². The fourth-order valence-electron chi connectivity index (χ4n) is 1.89. The monoisotopic (exact) mass is 229 g/mol. The third-order valence-corrected chi connectivity index (χ3v) is 2.95. The molecule has 4 heteroatoms. The van der Waals surface area contributed by atoms with Crippen molar-refractivity contribution in [2.75, 3.05) is 26.2 Å². The summed E-state index contributed by atoms with van der Waals surface area (Å²) in [6.07, 6.45) is 6.56. The van der Waals surface area contributed by atoms with Crippen LogP contribution in [0.4, 0.5) is 0 Å². The fraction of sp³-hybridized carbons (Fsp3) is 0.917. The van der Waals surface area contributed by atoms with Crippen molar-refractivity contribution in [3.8, 4) is 0 Å². The lowest BCUT2D eigenvalue weighted by Crippen LogP contribution is -2.32. The zero-order chi connectivity index (χ0) is 11.8. The van der Waals surface area contributed by atoms with E-state index in [-0.39, 0.29) is 13.2 Å². The van der Waals surface area contributed by atoms with Crippen molar-refractivity contribution < 1.29 is 15.0 Å². The lowest BCUT2D eigenvalue weighted by atomic mass is 10.2. The van der Waals surface area contributed by atoms with Crippen LogP contribution in [0.1, 0.15) is 38.5 Å². The highest BCUT2D eigenvalue weighted by Crippen LogP contribution is 2.29. The molecular formula is C12H23NO3. The summed E-state index contributed by atoms with van der Waals surface area (Å²) in [4.78, 5) is 12.7. The molecule has 0 saturated heterocycles. The fourth-order valence-corrected chi connectivity index (χ4v) is 1.89. The summed E-state index contributed by atoms with van der Waals surface area (Å²) in [7, 11) is 0. The number of rotatable bonds is 10. The number of hydrogen-bond acceptors (Lipinski definition) is 3. The molecule has 0 amide bonds. The van der Waals surface area contributed by atoms with Gasteiger partial charge in [-0.15, -0.1) is 0 Å². The summed E-state index contributed by atoms with van der Waals surface area (Å²) in [5.41, 5.74) is 0. The molecule has 94 valence electrons. The van der Waals surface area contributed by atoms with Crippen molar-refractivity contribution in [2.24, 2.45) is 5.92 Å². The maximum atomic E-state index is 10.7. The minimum absolute atomic E-state index is 0.177. The van der Waals surface area contributed by atoms with Crippen LogP contribution in [-0.2, 0) is 4.79 Å². The van der Waals surface area contributed by atoms with Gasteiger partial charge in [-0.05, 0) is 38.1 Å². The Morgan fingerprint density at radius 3 is 2.44 bits per heavy atom. The van der Waals surface area contributed by atoms with Crippen LogP contribution in [0.25, 0.3) is 0 Å². The van der Waals surface area contributed by atoms with Gasteiger partial charge in [0.15, 0.2) is 0 Å². The minimum atomic E-state index is -0.726. The molecular weight excluding hydrogens is 206 g/mol. The maximum Gasteiger partial charge on any atom is 0.317 e. The molecule has 16 heavy (non-hydrogen) atoms. The number of carboxylic acid groups (broad SMARTS) is 1. The summed E-state index contributed by atoms with van der Waals surface area (Å²) in [6, 6.07) is 0. The SMILES string of the molecule is O=C(O)CN(CCCCCCO)CC1CC1. The van der Waals surface area contributed by atoms with E-state index >= 15 is 0 Å². The smallest absolute Gasteiger partial charge is 0.317 e. The Morgan fingerprint density at radius 1 is 1.19 bits per heavy atom. The van der Waals surface area contributed by atoms with Crippen molar-refractivity contribution in [3.05, 3.63) is 0 Å². The maximum absolute atomic E-state index is 10.7. The van der Waals surface area contributed by atoms with Crippen molar-refractivity contribution in [2.45, 2.75) is 38.5 Å². The zero-order valence-corrected chi connectivity index (χ0v) is 9.90. The molecule has 0 spiro atoms. The summed E-state index contributed by atoms with van der Waals surface area (Å²) in [5.74, 6) is 0.0211. The molecule has 4 nitrogen and oxygen atoms in total. The first kappa shape index (κ1) is 13.5. The Bertz CT molecular complexity index is 204. The second-order valence-electron chi connectivity index (χ2n) is 4.71. The van der Waals surface area contributed by atoms with Crippen LogP contribution in [0.3, 0.4) is 0 Å². The largest absolute Gasteiger partial charge is 0.480 e. The predicted octanol–water partition coefficient (Wildman–Crippen LogP) is 1.34. The average Bonchev–Trinajstić information content (AvgIpc) is 3.00. The molecule has 1 fully saturated rings. The third kappa shape index (κ3) is 6.80. The topological polar surface area (TPSA) is 60.8 Å². The van der Waals surface area contributed by atoms with E-state index < -0.39 is 5.97 Å². The Kier molecular flexibility index (Phi) is 6.42. The molecule has 0 aliphatic heterocycles. The van der Waals surface area contributed by atoms with Crippen LogP contribution in [0.2, 0.25) is 0 Å². The first-order chi connectivity index (χ1) is 7.72. The van der Waals surface area contributed by atoms with E-state index in [0.717, 1.165) is 44.7 Å². The molecule has 1 aliphatic carbocycles. The van der Waals surface area contributed by atoms with Gasteiger partial charge < -0.3 is 10.2 Å². The van der Waals surface area contributed by atoms with Crippen LogP contribution < -0.4 is 0 Å². The highest BCUT2D eigenvalue weighted by atomic mass is 16.4. The summed E-state index contributed by atoms with van der Waals surface area (Å²) in [6.45, 7) is 2.28. The Balaban J connectivity index is 2.07. The Labute approximate surface area is 97.3 Å². The molecule has 0 unspecified atom stereocenters. The normalized spacial score (nSPS) is 15.6. The zero-order valence-electron chi connectivity index (χ0n) is 9.90. The van der Waals surface area contributed by atoms with Gasteiger partial charge in [0.1, 0.15) is 0 Å². The van der Waals surface area contributed by atoms with Crippen molar-refractivity contribution in [1.29, 1.82) is 0 Å². The van der Waals surface area contributed by atoms with Gasteiger partial charge in [-0.3, -0.25) is 9.69 Å². The Hall–Kier alpha value is -0.610. The van der Waals surface area contributed by atoms with E-state index in [1.54, 1.807) is 0 Å². The molecule has 1 aliphatic rings. The number of aliphatic carboxylic acids is 1. The van der Waals surface area contributed by atoms with E-state index in [2.05, 4.69) is 4.90 Å². The number of unbranched alkanes of at least 4 members (excludes halogenated alkanes) is 3. The van der Waals surface area contributed by atoms with Gasteiger partial charge in [0.2, 0.25) is 0 Å². The van der Waals surface area contributed by atoms with E-state index in [4.69, 9.17) is 10.2 Å². The van der Waals surface area contributed by atoms with E-state index in [1.807, 2.05) is 0 Å². The predicted molar refractivity (Wildman–Crippen MR) is 62.4 cm³/mol. The lowest BCUT2D eigenvalue weighted by molar-refractivity contribution is -0.138. The lowest BCUT2D eigenvalue weighted by Gasteiger charge is -2.19. The molecule has 0 aromatic carbocycles. The van der Waals surface area contributed by atoms with Crippen molar-refractivity contribution in [1.82, 2.24) is 4.90 Å². The van der Waals surface area contributed by atoms with Crippen LogP contribution in [0, 0.1) is 5.92 Å². The highest BCUT2D eigenvalue weighted by Gasteiger charge is 2.24. The number of aliphatic hydroxyl groups is 1. The molecule has 0 atom stereocenters. The van der Waals surface area contributed by atoms with Crippen LogP contribution in [0.5, 0.6) is 0 Å². The van der Waals surface area contributed by atoms with Crippen LogP contribution in [-0.4, -0.2) is 47.3 Å². The molecule has 1 saturated carbocycles. The van der Waals surface area contributed by atoms with Gasteiger partial charge in [-0.1, -0.05) is 12.8 Å². The Morgan fingerprint density at radius 2 is 1.88 bits per heavy atom. The first-order valence-corrected chi connectivity index (χ1v) is 6.27.